The highest BCUT2D eigenvalue weighted by molar-refractivity contribution is 6.31. The largest absolute Gasteiger partial charge is 0.330 e. The van der Waals surface area contributed by atoms with Crippen LogP contribution in [0.25, 0.3) is 0 Å². The zero-order chi connectivity index (χ0) is 7.84. The quantitative estimate of drug-likeness (QED) is 0.680. The van der Waals surface area contributed by atoms with Gasteiger partial charge in [-0.2, -0.15) is 0 Å². The molecule has 0 saturated heterocycles. The van der Waals surface area contributed by atoms with Gasteiger partial charge in [0.25, 0.3) is 0 Å². The van der Waals surface area contributed by atoms with Crippen molar-refractivity contribution in [1.29, 1.82) is 0 Å². The molecule has 11 heavy (non-hydrogen) atoms. The molecule has 1 nitrogen and oxygen atoms in total. The average Bonchev–Trinajstić information content (AvgIpc) is 1.93. The Kier molecular flexibility index (Phi) is 1.63. The molecule has 0 radical (unpaired) electrons. The molecule has 0 amide bonds. The SMILES string of the molecule is NCC1Cc2cccc(Cl)c21. The Morgan fingerprint density at radius 1 is 1.55 bits per heavy atom. The molecule has 1 aromatic carbocycles. The molecule has 0 aromatic heterocycles. The minimum Gasteiger partial charge on any atom is -0.330 e. The summed E-state index contributed by atoms with van der Waals surface area (Å²) in [4.78, 5) is 0. The van der Waals surface area contributed by atoms with Crippen molar-refractivity contribution < 1.29 is 0 Å². The fraction of sp³-hybridized carbons (Fsp3) is 0.333. The van der Waals surface area contributed by atoms with Gasteiger partial charge in [-0.15, -0.1) is 0 Å². The topological polar surface area (TPSA) is 26.0 Å². The molecule has 1 aliphatic rings. The Bertz CT molecular complexity index is 269. The Morgan fingerprint density at radius 2 is 2.36 bits per heavy atom. The lowest BCUT2D eigenvalue weighted by Crippen LogP contribution is -2.24. The lowest BCUT2D eigenvalue weighted by atomic mass is 9.78. The first-order valence-corrected chi connectivity index (χ1v) is 4.18. The minimum absolute atomic E-state index is 0.513. The Balaban J connectivity index is 2.43. The van der Waals surface area contributed by atoms with Gasteiger partial charge in [0.1, 0.15) is 0 Å². The van der Waals surface area contributed by atoms with Crippen molar-refractivity contribution in [1.82, 2.24) is 0 Å². The number of rotatable bonds is 1. The van der Waals surface area contributed by atoms with Crippen molar-refractivity contribution >= 4 is 11.6 Å². The van der Waals surface area contributed by atoms with Gasteiger partial charge in [0, 0.05) is 10.9 Å². The summed E-state index contributed by atoms with van der Waals surface area (Å²) >= 11 is 5.98. The first-order chi connectivity index (χ1) is 5.33. The van der Waals surface area contributed by atoms with Gasteiger partial charge in [0.2, 0.25) is 0 Å². The monoisotopic (exact) mass is 167 g/mol. The van der Waals surface area contributed by atoms with E-state index in [1.165, 1.54) is 11.1 Å². The first kappa shape index (κ1) is 7.14. The molecule has 58 valence electrons. The van der Waals surface area contributed by atoms with Crippen molar-refractivity contribution in [3.8, 4) is 0 Å². The molecule has 1 aromatic rings. The number of hydrogen-bond acceptors (Lipinski definition) is 1. The lowest BCUT2D eigenvalue weighted by molar-refractivity contribution is 0.618. The molecule has 0 fully saturated rings. The van der Waals surface area contributed by atoms with Gasteiger partial charge < -0.3 is 5.73 Å². The molecule has 0 spiro atoms. The molecular formula is C9H10ClN. The van der Waals surface area contributed by atoms with Crippen LogP contribution >= 0.6 is 11.6 Å². The fourth-order valence-electron chi connectivity index (χ4n) is 1.65. The molecular weight excluding hydrogens is 158 g/mol. The Labute approximate surface area is 71.2 Å². The van der Waals surface area contributed by atoms with Crippen LogP contribution in [-0.2, 0) is 6.42 Å². The van der Waals surface area contributed by atoms with Crippen LogP contribution in [0.3, 0.4) is 0 Å². The summed E-state index contributed by atoms with van der Waals surface area (Å²) < 4.78 is 0. The van der Waals surface area contributed by atoms with E-state index < -0.39 is 0 Å². The standard InChI is InChI=1S/C9H10ClN/c10-8-3-1-2-6-4-7(5-11)9(6)8/h1-3,7H,4-5,11H2. The van der Waals surface area contributed by atoms with Crippen molar-refractivity contribution in [2.24, 2.45) is 5.73 Å². The predicted molar refractivity (Wildman–Crippen MR) is 47.0 cm³/mol. The van der Waals surface area contributed by atoms with Gasteiger partial charge in [-0.05, 0) is 30.2 Å². The second-order valence-electron chi connectivity index (χ2n) is 2.95. The van der Waals surface area contributed by atoms with Crippen LogP contribution in [0, 0.1) is 0 Å². The molecule has 1 aliphatic carbocycles. The number of halogens is 1. The molecule has 2 N–H and O–H groups in total. The van der Waals surface area contributed by atoms with Crippen LogP contribution in [-0.4, -0.2) is 6.54 Å². The van der Waals surface area contributed by atoms with Gasteiger partial charge >= 0.3 is 0 Å². The van der Waals surface area contributed by atoms with Gasteiger partial charge in [-0.3, -0.25) is 0 Å². The summed E-state index contributed by atoms with van der Waals surface area (Å²) in [5.74, 6) is 0.513. The second-order valence-corrected chi connectivity index (χ2v) is 3.36. The number of nitrogens with two attached hydrogens (primary N) is 1. The van der Waals surface area contributed by atoms with E-state index in [2.05, 4.69) is 6.07 Å². The fourth-order valence-corrected chi connectivity index (χ4v) is 2.00. The van der Waals surface area contributed by atoms with E-state index in [1.807, 2.05) is 12.1 Å². The van der Waals surface area contributed by atoms with Crippen LogP contribution in [0.1, 0.15) is 17.0 Å². The van der Waals surface area contributed by atoms with Crippen molar-refractivity contribution in [3.63, 3.8) is 0 Å². The summed E-state index contributed by atoms with van der Waals surface area (Å²) in [7, 11) is 0. The molecule has 0 heterocycles. The predicted octanol–water partition coefficient (Wildman–Crippen LogP) is 1.94. The second kappa shape index (κ2) is 2.50. The number of fused-ring (bicyclic) bond motifs is 1. The van der Waals surface area contributed by atoms with E-state index in [4.69, 9.17) is 17.3 Å². The van der Waals surface area contributed by atoms with Crippen LogP contribution < -0.4 is 5.73 Å². The van der Waals surface area contributed by atoms with E-state index in [0.717, 1.165) is 18.0 Å². The highest BCUT2D eigenvalue weighted by atomic mass is 35.5. The third kappa shape index (κ3) is 0.959. The van der Waals surface area contributed by atoms with E-state index >= 15 is 0 Å². The van der Waals surface area contributed by atoms with Crippen LogP contribution in [0.5, 0.6) is 0 Å². The maximum atomic E-state index is 5.98. The first-order valence-electron chi connectivity index (χ1n) is 3.80. The minimum atomic E-state index is 0.513. The van der Waals surface area contributed by atoms with Crippen LogP contribution in [0.15, 0.2) is 18.2 Å². The molecule has 2 heteroatoms. The summed E-state index contributed by atoms with van der Waals surface area (Å²) in [5, 5.41) is 0.879. The van der Waals surface area contributed by atoms with E-state index in [1.54, 1.807) is 0 Å². The molecule has 1 unspecified atom stereocenters. The van der Waals surface area contributed by atoms with Gasteiger partial charge in [0.05, 0.1) is 0 Å². The van der Waals surface area contributed by atoms with Gasteiger partial charge in [-0.25, -0.2) is 0 Å². The molecule has 0 saturated carbocycles. The van der Waals surface area contributed by atoms with Crippen LogP contribution in [0.4, 0.5) is 0 Å². The van der Waals surface area contributed by atoms with E-state index in [0.29, 0.717) is 5.92 Å². The third-order valence-electron chi connectivity index (χ3n) is 2.30. The summed E-state index contributed by atoms with van der Waals surface area (Å²) in [6, 6.07) is 6.05. The van der Waals surface area contributed by atoms with Crippen molar-refractivity contribution in [2.75, 3.05) is 6.54 Å². The Hall–Kier alpha value is -0.530. The third-order valence-corrected chi connectivity index (χ3v) is 2.63. The van der Waals surface area contributed by atoms with E-state index in [-0.39, 0.29) is 0 Å². The zero-order valence-corrected chi connectivity index (χ0v) is 6.93. The van der Waals surface area contributed by atoms with Gasteiger partial charge in [0.15, 0.2) is 0 Å². The highest BCUT2D eigenvalue weighted by Crippen LogP contribution is 2.38. The van der Waals surface area contributed by atoms with Crippen LogP contribution in [0.2, 0.25) is 5.02 Å². The molecule has 2 rings (SSSR count). The molecule has 0 bridgehead atoms. The van der Waals surface area contributed by atoms with Crippen molar-refractivity contribution in [2.45, 2.75) is 12.3 Å². The smallest absolute Gasteiger partial charge is 0.0444 e. The maximum absolute atomic E-state index is 5.98. The Morgan fingerprint density at radius 3 is 3.00 bits per heavy atom. The maximum Gasteiger partial charge on any atom is 0.0444 e. The lowest BCUT2D eigenvalue weighted by Gasteiger charge is -2.29. The van der Waals surface area contributed by atoms with E-state index in [9.17, 15) is 0 Å². The highest BCUT2D eigenvalue weighted by Gasteiger charge is 2.26. The average molecular weight is 168 g/mol. The number of hydrogen-bond donors (Lipinski definition) is 1. The molecule has 0 aliphatic heterocycles. The normalized spacial score (nSPS) is 20.7. The summed E-state index contributed by atoms with van der Waals surface area (Å²) in [5.41, 5.74) is 8.20. The zero-order valence-electron chi connectivity index (χ0n) is 6.18. The summed E-state index contributed by atoms with van der Waals surface area (Å²) in [6.07, 6.45) is 1.10. The summed E-state index contributed by atoms with van der Waals surface area (Å²) in [6.45, 7) is 0.719. The van der Waals surface area contributed by atoms with Crippen molar-refractivity contribution in [3.05, 3.63) is 34.3 Å². The molecule has 1 atom stereocenters. The number of benzene rings is 1. The van der Waals surface area contributed by atoms with Gasteiger partial charge in [-0.1, -0.05) is 23.7 Å².